The van der Waals surface area contributed by atoms with Crippen LogP contribution in [0.3, 0.4) is 0 Å². The molecule has 2 atom stereocenters. The average molecular weight is 365 g/mol. The quantitative estimate of drug-likeness (QED) is 0.522. The van der Waals surface area contributed by atoms with Crippen LogP contribution in [0.15, 0.2) is 0 Å². The highest BCUT2D eigenvalue weighted by molar-refractivity contribution is 5.78. The predicted octanol–water partition coefficient (Wildman–Crippen LogP) is 5.34. The minimum Gasteiger partial charge on any atom is -0.342 e. The summed E-state index contributed by atoms with van der Waals surface area (Å²) in [4.78, 5) is 17.3. The summed E-state index contributed by atoms with van der Waals surface area (Å²) in [7, 11) is 0. The monoisotopic (exact) mass is 364 g/mol. The van der Waals surface area contributed by atoms with Gasteiger partial charge in [-0.05, 0) is 55.9 Å². The highest BCUT2D eigenvalue weighted by Gasteiger charge is 2.45. The van der Waals surface area contributed by atoms with E-state index in [0.29, 0.717) is 16.7 Å². The van der Waals surface area contributed by atoms with E-state index in [1.54, 1.807) is 0 Å². The Labute approximate surface area is 162 Å². The summed E-state index contributed by atoms with van der Waals surface area (Å²) in [5, 5.41) is 0. The first kappa shape index (κ1) is 21.7. The van der Waals surface area contributed by atoms with E-state index in [2.05, 4.69) is 44.4 Å². The first-order valence-electron chi connectivity index (χ1n) is 11.4. The molecule has 0 radical (unpaired) electrons. The summed E-state index contributed by atoms with van der Waals surface area (Å²) in [5.41, 5.74) is 1.08. The van der Waals surface area contributed by atoms with Crippen molar-refractivity contribution < 1.29 is 4.79 Å². The Morgan fingerprint density at radius 3 is 2.27 bits per heavy atom. The molecule has 2 unspecified atom stereocenters. The number of carbonyl (C=O) groups excluding carboxylic acids is 1. The lowest BCUT2D eigenvalue weighted by molar-refractivity contribution is -0.140. The smallest absolute Gasteiger partial charge is 0.225 e. The maximum Gasteiger partial charge on any atom is 0.225 e. The summed E-state index contributed by atoms with van der Waals surface area (Å²) < 4.78 is 0. The van der Waals surface area contributed by atoms with Crippen molar-refractivity contribution in [1.29, 1.82) is 0 Å². The molecule has 2 saturated heterocycles. The van der Waals surface area contributed by atoms with Crippen LogP contribution >= 0.6 is 0 Å². The molecular weight excluding hydrogens is 320 g/mol. The molecule has 2 aliphatic rings. The first-order chi connectivity index (χ1) is 12.4. The standard InChI is InChI=1S/C23H44N2O/c1-6-10-20(4)21(26)25-16-13-23(14-17-25)18-24(19-23)15-9-12-22(5,8-3)11-7-2/h20H,6-19H2,1-5H3. The van der Waals surface area contributed by atoms with Gasteiger partial charge in [-0.1, -0.05) is 53.9 Å². The van der Waals surface area contributed by atoms with E-state index in [1.807, 2.05) is 0 Å². The van der Waals surface area contributed by atoms with Crippen LogP contribution in [0, 0.1) is 16.7 Å². The van der Waals surface area contributed by atoms with Gasteiger partial charge in [0.2, 0.25) is 5.91 Å². The fraction of sp³-hybridized carbons (Fsp3) is 0.957. The van der Waals surface area contributed by atoms with Crippen LogP contribution in [-0.2, 0) is 4.79 Å². The summed E-state index contributed by atoms with van der Waals surface area (Å²) >= 11 is 0. The molecule has 2 rings (SSSR count). The van der Waals surface area contributed by atoms with E-state index in [-0.39, 0.29) is 5.92 Å². The molecule has 0 aromatic rings. The highest BCUT2D eigenvalue weighted by Crippen LogP contribution is 2.41. The zero-order chi connectivity index (χ0) is 19.2. The van der Waals surface area contributed by atoms with E-state index in [1.165, 1.54) is 64.6 Å². The molecule has 152 valence electrons. The Morgan fingerprint density at radius 1 is 1.08 bits per heavy atom. The van der Waals surface area contributed by atoms with E-state index in [4.69, 9.17) is 0 Å². The molecule has 2 fully saturated rings. The molecule has 3 heteroatoms. The Balaban J connectivity index is 1.66. The van der Waals surface area contributed by atoms with E-state index < -0.39 is 0 Å². The Morgan fingerprint density at radius 2 is 1.73 bits per heavy atom. The second-order valence-electron chi connectivity index (χ2n) is 9.74. The lowest BCUT2D eigenvalue weighted by Gasteiger charge is -2.54. The van der Waals surface area contributed by atoms with Crippen molar-refractivity contribution in [2.75, 3.05) is 32.7 Å². The topological polar surface area (TPSA) is 23.6 Å². The summed E-state index contributed by atoms with van der Waals surface area (Å²) in [5.74, 6) is 0.607. The maximum atomic E-state index is 12.5. The van der Waals surface area contributed by atoms with Gasteiger partial charge >= 0.3 is 0 Å². The molecular formula is C23H44N2O. The van der Waals surface area contributed by atoms with Crippen molar-refractivity contribution in [1.82, 2.24) is 9.80 Å². The van der Waals surface area contributed by atoms with Gasteiger partial charge in [-0.2, -0.15) is 0 Å². The van der Waals surface area contributed by atoms with Gasteiger partial charge in [0, 0.05) is 32.1 Å². The number of hydrogen-bond donors (Lipinski definition) is 0. The van der Waals surface area contributed by atoms with Crippen LogP contribution in [0.5, 0.6) is 0 Å². The predicted molar refractivity (Wildman–Crippen MR) is 111 cm³/mol. The van der Waals surface area contributed by atoms with Crippen LogP contribution in [0.4, 0.5) is 0 Å². The van der Waals surface area contributed by atoms with Crippen LogP contribution in [0.1, 0.15) is 92.4 Å². The van der Waals surface area contributed by atoms with Crippen LogP contribution < -0.4 is 0 Å². The number of carbonyl (C=O) groups is 1. The van der Waals surface area contributed by atoms with Crippen molar-refractivity contribution >= 4 is 5.91 Å². The van der Waals surface area contributed by atoms with Gasteiger partial charge in [0.05, 0.1) is 0 Å². The van der Waals surface area contributed by atoms with E-state index in [0.717, 1.165) is 25.9 Å². The Hall–Kier alpha value is -0.570. The molecule has 0 aromatic carbocycles. The molecule has 0 saturated carbocycles. The third kappa shape index (κ3) is 5.47. The number of nitrogens with zero attached hydrogens (tertiary/aromatic N) is 2. The lowest BCUT2D eigenvalue weighted by atomic mass is 9.71. The fourth-order valence-corrected chi connectivity index (χ4v) is 5.26. The van der Waals surface area contributed by atoms with Crippen LogP contribution in [0.25, 0.3) is 0 Å². The van der Waals surface area contributed by atoms with E-state index >= 15 is 0 Å². The summed E-state index contributed by atoms with van der Waals surface area (Å²) in [6, 6.07) is 0. The van der Waals surface area contributed by atoms with Gasteiger partial charge < -0.3 is 9.80 Å². The van der Waals surface area contributed by atoms with Crippen molar-refractivity contribution in [2.45, 2.75) is 92.4 Å². The van der Waals surface area contributed by atoms with E-state index in [9.17, 15) is 4.79 Å². The SMILES string of the molecule is CCCC(C)C(=O)N1CCC2(CC1)CN(CCCC(C)(CC)CCC)C2. The largest absolute Gasteiger partial charge is 0.342 e. The van der Waals surface area contributed by atoms with Crippen molar-refractivity contribution in [3.05, 3.63) is 0 Å². The number of amides is 1. The Bertz CT molecular complexity index is 433. The fourth-order valence-electron chi connectivity index (χ4n) is 5.26. The zero-order valence-electron chi connectivity index (χ0n) is 18.3. The van der Waals surface area contributed by atoms with Gasteiger partial charge in [-0.25, -0.2) is 0 Å². The molecule has 1 spiro atoms. The number of hydrogen-bond acceptors (Lipinski definition) is 2. The second kappa shape index (κ2) is 9.57. The van der Waals surface area contributed by atoms with Crippen molar-refractivity contribution in [3.63, 3.8) is 0 Å². The lowest BCUT2D eigenvalue weighted by Crippen LogP contribution is -2.61. The molecule has 0 aliphatic carbocycles. The summed E-state index contributed by atoms with van der Waals surface area (Å²) in [6.45, 7) is 17.2. The first-order valence-corrected chi connectivity index (χ1v) is 11.4. The van der Waals surface area contributed by atoms with Gasteiger partial charge in [0.1, 0.15) is 0 Å². The average Bonchev–Trinajstić information content (AvgIpc) is 2.60. The van der Waals surface area contributed by atoms with Crippen LogP contribution in [0.2, 0.25) is 0 Å². The number of likely N-dealkylation sites (tertiary alicyclic amines) is 2. The normalized spacial score (nSPS) is 23.5. The third-order valence-corrected chi connectivity index (χ3v) is 7.36. The van der Waals surface area contributed by atoms with Crippen molar-refractivity contribution in [3.8, 4) is 0 Å². The van der Waals surface area contributed by atoms with Gasteiger partial charge in [0.25, 0.3) is 0 Å². The zero-order valence-corrected chi connectivity index (χ0v) is 18.3. The Kier molecular flexibility index (Phi) is 8.00. The van der Waals surface area contributed by atoms with Crippen molar-refractivity contribution in [2.24, 2.45) is 16.7 Å². The molecule has 1 amide bonds. The number of rotatable bonds is 10. The third-order valence-electron chi connectivity index (χ3n) is 7.36. The summed E-state index contributed by atoms with van der Waals surface area (Å²) in [6.07, 6.45) is 11.3. The van der Waals surface area contributed by atoms with Gasteiger partial charge in [-0.15, -0.1) is 0 Å². The molecule has 2 aliphatic heterocycles. The minimum absolute atomic E-state index is 0.211. The minimum atomic E-state index is 0.211. The second-order valence-corrected chi connectivity index (χ2v) is 9.74. The maximum absolute atomic E-state index is 12.5. The van der Waals surface area contributed by atoms with Gasteiger partial charge in [-0.3, -0.25) is 4.79 Å². The van der Waals surface area contributed by atoms with Crippen LogP contribution in [-0.4, -0.2) is 48.4 Å². The molecule has 2 heterocycles. The van der Waals surface area contributed by atoms with Gasteiger partial charge in [0.15, 0.2) is 0 Å². The molecule has 0 aromatic heterocycles. The molecule has 0 N–H and O–H groups in total. The number of piperidine rings is 1. The molecule has 0 bridgehead atoms. The molecule has 3 nitrogen and oxygen atoms in total. The highest BCUT2D eigenvalue weighted by atomic mass is 16.2. The molecule has 26 heavy (non-hydrogen) atoms.